The van der Waals surface area contributed by atoms with E-state index in [1.807, 2.05) is 51.1 Å². The molecule has 2 aliphatic rings. The van der Waals surface area contributed by atoms with Crippen molar-refractivity contribution in [3.05, 3.63) is 35.9 Å². The lowest BCUT2D eigenvalue weighted by molar-refractivity contribution is -0.149. The minimum absolute atomic E-state index is 0.253. The Hall–Kier alpha value is -2.04. The molecule has 3 rings (SSSR count). The fraction of sp³-hybridized carbons (Fsp3) is 0.500. The van der Waals surface area contributed by atoms with Crippen LogP contribution in [0.15, 0.2) is 30.3 Å². The van der Waals surface area contributed by atoms with E-state index in [-0.39, 0.29) is 17.4 Å². The van der Waals surface area contributed by atoms with Crippen molar-refractivity contribution in [2.45, 2.75) is 45.5 Å². The Morgan fingerprint density at radius 1 is 1.19 bits per heavy atom. The van der Waals surface area contributed by atoms with Crippen molar-refractivity contribution in [2.24, 2.45) is 5.41 Å². The van der Waals surface area contributed by atoms with E-state index in [1.54, 1.807) is 11.8 Å². The van der Waals surface area contributed by atoms with Gasteiger partial charge in [0.1, 0.15) is 0 Å². The van der Waals surface area contributed by atoms with Gasteiger partial charge < -0.3 is 10.1 Å². The lowest BCUT2D eigenvalue weighted by Gasteiger charge is -2.33. The van der Waals surface area contributed by atoms with Crippen molar-refractivity contribution < 1.29 is 14.3 Å². The SMILES string of the molecule is CC(C)(C)[C@@H]1OC(=O)[C@@]2(C)[C@@H](c3ccccc3)NC(=O)N12. The number of cyclic esters (lactones) is 1. The van der Waals surface area contributed by atoms with E-state index in [9.17, 15) is 9.59 Å². The summed E-state index contributed by atoms with van der Waals surface area (Å²) in [5.74, 6) is -0.352. The van der Waals surface area contributed by atoms with Gasteiger partial charge in [0.15, 0.2) is 11.8 Å². The molecule has 2 fully saturated rings. The molecule has 1 aromatic carbocycles. The third kappa shape index (κ3) is 1.83. The van der Waals surface area contributed by atoms with E-state index < -0.39 is 17.8 Å². The number of rotatable bonds is 1. The van der Waals surface area contributed by atoms with Gasteiger partial charge in [-0.25, -0.2) is 9.59 Å². The van der Waals surface area contributed by atoms with Gasteiger partial charge in [0, 0.05) is 5.41 Å². The number of hydrogen-bond acceptors (Lipinski definition) is 3. The minimum Gasteiger partial charge on any atom is -0.439 e. The van der Waals surface area contributed by atoms with Gasteiger partial charge in [0.2, 0.25) is 0 Å². The molecule has 0 bridgehead atoms. The van der Waals surface area contributed by atoms with Crippen LogP contribution in [0.5, 0.6) is 0 Å². The van der Waals surface area contributed by atoms with Crippen LogP contribution < -0.4 is 5.32 Å². The summed E-state index contributed by atoms with van der Waals surface area (Å²) in [6, 6.07) is 8.88. The number of ether oxygens (including phenoxy) is 1. The molecule has 2 heterocycles. The molecule has 0 spiro atoms. The normalized spacial score (nSPS) is 31.9. The van der Waals surface area contributed by atoms with Crippen LogP contribution in [0.1, 0.15) is 39.3 Å². The first-order chi connectivity index (χ1) is 9.76. The van der Waals surface area contributed by atoms with Crippen LogP contribution in [0.3, 0.4) is 0 Å². The topological polar surface area (TPSA) is 58.6 Å². The van der Waals surface area contributed by atoms with Crippen LogP contribution in [-0.2, 0) is 9.53 Å². The molecule has 5 nitrogen and oxygen atoms in total. The molecule has 2 aliphatic heterocycles. The van der Waals surface area contributed by atoms with Crippen LogP contribution in [0.4, 0.5) is 4.79 Å². The van der Waals surface area contributed by atoms with E-state index in [0.717, 1.165) is 5.56 Å². The van der Waals surface area contributed by atoms with Crippen LogP contribution in [0.2, 0.25) is 0 Å². The lowest BCUT2D eigenvalue weighted by Crippen LogP contribution is -2.50. The highest BCUT2D eigenvalue weighted by Gasteiger charge is 2.65. The molecule has 1 N–H and O–H groups in total. The second kappa shape index (κ2) is 4.23. The molecular formula is C16H20N2O3. The number of carbonyl (C=O) groups is 2. The fourth-order valence-electron chi connectivity index (χ4n) is 3.14. The Labute approximate surface area is 124 Å². The first-order valence-corrected chi connectivity index (χ1v) is 7.12. The highest BCUT2D eigenvalue weighted by atomic mass is 16.6. The van der Waals surface area contributed by atoms with Gasteiger partial charge in [-0.2, -0.15) is 0 Å². The summed E-state index contributed by atoms with van der Waals surface area (Å²) in [4.78, 5) is 26.5. The van der Waals surface area contributed by atoms with Gasteiger partial charge in [-0.05, 0) is 12.5 Å². The number of carbonyl (C=O) groups excluding carboxylic acids is 2. The van der Waals surface area contributed by atoms with E-state index in [4.69, 9.17) is 4.74 Å². The standard InChI is InChI=1S/C16H20N2O3/c1-15(2,3)12-18-14(20)17-11(10-8-6-5-7-9-10)16(18,4)13(19)21-12/h5-9,11-12H,1-4H3,(H,17,20)/t11-,12+,16-/m1/s1. The number of nitrogens with one attached hydrogen (secondary N) is 1. The van der Waals surface area contributed by atoms with Gasteiger partial charge in [0.25, 0.3) is 0 Å². The van der Waals surface area contributed by atoms with Crippen molar-refractivity contribution >= 4 is 12.0 Å². The zero-order valence-corrected chi connectivity index (χ0v) is 12.7. The Morgan fingerprint density at radius 3 is 2.38 bits per heavy atom. The van der Waals surface area contributed by atoms with Crippen molar-refractivity contribution in [3.8, 4) is 0 Å². The highest BCUT2D eigenvalue weighted by molar-refractivity contribution is 5.95. The van der Waals surface area contributed by atoms with Gasteiger partial charge in [-0.3, -0.25) is 4.90 Å². The number of nitrogens with zero attached hydrogens (tertiary/aromatic N) is 1. The fourth-order valence-corrected chi connectivity index (χ4v) is 3.14. The van der Waals surface area contributed by atoms with E-state index >= 15 is 0 Å². The number of fused-ring (bicyclic) bond motifs is 1. The van der Waals surface area contributed by atoms with Gasteiger partial charge >= 0.3 is 12.0 Å². The highest BCUT2D eigenvalue weighted by Crippen LogP contribution is 2.47. The first kappa shape index (κ1) is 13.9. The second-order valence-corrected chi connectivity index (χ2v) is 6.93. The van der Waals surface area contributed by atoms with E-state index in [1.165, 1.54) is 0 Å². The molecule has 0 aliphatic carbocycles. The molecule has 21 heavy (non-hydrogen) atoms. The third-order valence-electron chi connectivity index (χ3n) is 4.29. The molecule has 2 saturated heterocycles. The summed E-state index contributed by atoms with van der Waals surface area (Å²) in [5, 5.41) is 2.93. The summed E-state index contributed by atoms with van der Waals surface area (Å²) in [7, 11) is 0. The lowest BCUT2D eigenvalue weighted by atomic mass is 9.86. The third-order valence-corrected chi connectivity index (χ3v) is 4.29. The minimum atomic E-state index is -1.00. The van der Waals surface area contributed by atoms with Gasteiger partial charge in [-0.15, -0.1) is 0 Å². The maximum Gasteiger partial charge on any atom is 0.336 e. The summed E-state index contributed by atoms with van der Waals surface area (Å²) >= 11 is 0. The van der Waals surface area contributed by atoms with Gasteiger partial charge in [-0.1, -0.05) is 51.1 Å². The summed E-state index contributed by atoms with van der Waals surface area (Å²) in [5.41, 5.74) is -0.436. The average Bonchev–Trinajstić information content (AvgIpc) is 2.84. The number of hydrogen-bond donors (Lipinski definition) is 1. The molecule has 0 saturated carbocycles. The number of urea groups is 1. The predicted octanol–water partition coefficient (Wildman–Crippen LogP) is 2.44. The molecule has 5 heteroatoms. The molecule has 3 atom stereocenters. The second-order valence-electron chi connectivity index (χ2n) is 6.93. The Morgan fingerprint density at radius 2 is 1.81 bits per heavy atom. The smallest absolute Gasteiger partial charge is 0.336 e. The predicted molar refractivity (Wildman–Crippen MR) is 77.3 cm³/mol. The van der Waals surface area contributed by atoms with Crippen LogP contribution in [-0.4, -0.2) is 28.7 Å². The molecule has 1 aromatic rings. The van der Waals surface area contributed by atoms with Crippen molar-refractivity contribution in [2.75, 3.05) is 0 Å². The molecule has 0 radical (unpaired) electrons. The molecule has 2 amide bonds. The molecule has 112 valence electrons. The maximum absolute atomic E-state index is 12.5. The molecule has 0 unspecified atom stereocenters. The summed E-state index contributed by atoms with van der Waals surface area (Å²) < 4.78 is 5.54. The number of benzene rings is 1. The Kier molecular flexibility index (Phi) is 2.80. The number of esters is 1. The van der Waals surface area contributed by atoms with Crippen LogP contribution in [0.25, 0.3) is 0 Å². The van der Waals surface area contributed by atoms with Crippen LogP contribution in [0, 0.1) is 5.41 Å². The Bertz CT molecular complexity index is 593. The number of amides is 2. The zero-order chi connectivity index (χ0) is 15.4. The largest absolute Gasteiger partial charge is 0.439 e. The van der Waals surface area contributed by atoms with Crippen molar-refractivity contribution in [1.29, 1.82) is 0 Å². The van der Waals surface area contributed by atoms with Crippen molar-refractivity contribution in [3.63, 3.8) is 0 Å². The summed E-state index contributed by atoms with van der Waals surface area (Å²) in [6.07, 6.45) is -0.552. The average molecular weight is 288 g/mol. The molecule has 0 aromatic heterocycles. The van der Waals surface area contributed by atoms with Gasteiger partial charge in [0.05, 0.1) is 6.04 Å². The van der Waals surface area contributed by atoms with E-state index in [0.29, 0.717) is 0 Å². The Balaban J connectivity index is 2.07. The van der Waals surface area contributed by atoms with Crippen molar-refractivity contribution in [1.82, 2.24) is 10.2 Å². The monoisotopic (exact) mass is 288 g/mol. The zero-order valence-electron chi connectivity index (χ0n) is 12.7. The quantitative estimate of drug-likeness (QED) is 0.807. The molecular weight excluding hydrogens is 268 g/mol. The van der Waals surface area contributed by atoms with E-state index in [2.05, 4.69) is 5.32 Å². The van der Waals surface area contributed by atoms with Crippen LogP contribution >= 0.6 is 0 Å². The first-order valence-electron chi connectivity index (χ1n) is 7.12. The summed E-state index contributed by atoms with van der Waals surface area (Å²) in [6.45, 7) is 7.65. The maximum atomic E-state index is 12.5.